The zero-order valence-corrected chi connectivity index (χ0v) is 8.75. The van der Waals surface area contributed by atoms with Gasteiger partial charge >= 0.3 is 0 Å². The smallest absolute Gasteiger partial charge is 0.0948 e. The van der Waals surface area contributed by atoms with Crippen molar-refractivity contribution < 1.29 is 0 Å². The van der Waals surface area contributed by atoms with Crippen LogP contribution in [0.3, 0.4) is 0 Å². The maximum absolute atomic E-state index is 4.16. The first-order valence-corrected chi connectivity index (χ1v) is 4.87. The molecule has 0 aromatic carbocycles. The monoisotopic (exact) mass is 181 g/mol. The summed E-state index contributed by atoms with van der Waals surface area (Å²) in [7, 11) is 1.98. The predicted molar refractivity (Wildman–Crippen MR) is 54.7 cm³/mol. The lowest BCUT2D eigenvalue weighted by Gasteiger charge is -2.09. The molecule has 0 spiro atoms. The van der Waals surface area contributed by atoms with E-state index in [0.717, 1.165) is 19.5 Å². The van der Waals surface area contributed by atoms with Crippen LogP contribution < -0.4 is 5.32 Å². The van der Waals surface area contributed by atoms with Gasteiger partial charge in [-0.05, 0) is 13.0 Å². The SMILES string of the molecule is CNCCc1cncn1CC(C)C. The number of imidazole rings is 1. The molecular formula is C10H19N3. The first-order valence-electron chi connectivity index (χ1n) is 4.87. The summed E-state index contributed by atoms with van der Waals surface area (Å²) < 4.78 is 2.24. The Labute approximate surface area is 80.2 Å². The van der Waals surface area contributed by atoms with Crippen molar-refractivity contribution in [3.63, 3.8) is 0 Å². The lowest BCUT2D eigenvalue weighted by atomic mass is 10.2. The first-order chi connectivity index (χ1) is 6.24. The number of hydrogen-bond donors (Lipinski definition) is 1. The van der Waals surface area contributed by atoms with Crippen molar-refractivity contribution in [3.05, 3.63) is 18.2 Å². The summed E-state index contributed by atoms with van der Waals surface area (Å²) in [6.45, 7) is 6.53. The predicted octanol–water partition coefficient (Wildman–Crippen LogP) is 1.30. The Morgan fingerprint density at radius 2 is 2.31 bits per heavy atom. The van der Waals surface area contributed by atoms with Gasteiger partial charge in [0.25, 0.3) is 0 Å². The van der Waals surface area contributed by atoms with Gasteiger partial charge in [0.2, 0.25) is 0 Å². The molecule has 74 valence electrons. The van der Waals surface area contributed by atoms with Crippen LogP contribution in [0.5, 0.6) is 0 Å². The van der Waals surface area contributed by atoms with E-state index in [9.17, 15) is 0 Å². The third kappa shape index (κ3) is 3.19. The molecule has 0 fully saturated rings. The molecule has 1 aromatic rings. The summed E-state index contributed by atoms with van der Waals surface area (Å²) in [5, 5.41) is 3.15. The molecule has 0 amide bonds. The van der Waals surface area contributed by atoms with Crippen LogP contribution in [-0.4, -0.2) is 23.1 Å². The fraction of sp³-hybridized carbons (Fsp3) is 0.700. The van der Waals surface area contributed by atoms with Gasteiger partial charge in [0, 0.05) is 31.4 Å². The van der Waals surface area contributed by atoms with Crippen molar-refractivity contribution in [2.45, 2.75) is 26.8 Å². The summed E-state index contributed by atoms with van der Waals surface area (Å²) in [6.07, 6.45) is 4.94. The van der Waals surface area contributed by atoms with Crippen LogP contribution in [-0.2, 0) is 13.0 Å². The van der Waals surface area contributed by atoms with Gasteiger partial charge in [-0.1, -0.05) is 13.8 Å². The molecule has 0 unspecified atom stereocenters. The molecule has 1 N–H and O–H groups in total. The molecule has 0 aliphatic carbocycles. The van der Waals surface area contributed by atoms with E-state index in [-0.39, 0.29) is 0 Å². The van der Waals surface area contributed by atoms with Crippen molar-refractivity contribution in [2.75, 3.05) is 13.6 Å². The lowest BCUT2D eigenvalue weighted by Crippen LogP contribution is -2.14. The Kier molecular flexibility index (Phi) is 3.96. The molecule has 3 nitrogen and oxygen atoms in total. The van der Waals surface area contributed by atoms with Gasteiger partial charge < -0.3 is 9.88 Å². The first kappa shape index (κ1) is 10.3. The van der Waals surface area contributed by atoms with E-state index in [0.29, 0.717) is 5.92 Å². The molecule has 3 heteroatoms. The van der Waals surface area contributed by atoms with Crippen molar-refractivity contribution >= 4 is 0 Å². The molecule has 0 atom stereocenters. The quantitative estimate of drug-likeness (QED) is 0.742. The standard InChI is InChI=1S/C10H19N3/c1-9(2)7-13-8-12-6-10(13)4-5-11-3/h6,8-9,11H,4-5,7H2,1-3H3. The number of likely N-dealkylation sites (N-methyl/N-ethyl adjacent to an activating group) is 1. The Morgan fingerprint density at radius 3 is 2.92 bits per heavy atom. The fourth-order valence-electron chi connectivity index (χ4n) is 1.37. The second-order valence-electron chi connectivity index (χ2n) is 3.78. The molecule has 1 aromatic heterocycles. The third-order valence-electron chi connectivity index (χ3n) is 1.99. The molecule has 0 radical (unpaired) electrons. The summed E-state index contributed by atoms with van der Waals surface area (Å²) in [5.41, 5.74) is 1.32. The van der Waals surface area contributed by atoms with Crippen LogP contribution in [0.1, 0.15) is 19.5 Å². The zero-order valence-electron chi connectivity index (χ0n) is 8.75. The highest BCUT2D eigenvalue weighted by Crippen LogP contribution is 2.04. The molecule has 1 rings (SSSR count). The Bertz CT molecular complexity index is 240. The number of hydrogen-bond acceptors (Lipinski definition) is 2. The van der Waals surface area contributed by atoms with Crippen LogP contribution in [0.2, 0.25) is 0 Å². The molecule has 0 aliphatic heterocycles. The maximum atomic E-state index is 4.16. The van der Waals surface area contributed by atoms with E-state index in [2.05, 4.69) is 28.7 Å². The summed E-state index contributed by atoms with van der Waals surface area (Å²) in [6, 6.07) is 0. The fourth-order valence-corrected chi connectivity index (χ4v) is 1.37. The topological polar surface area (TPSA) is 29.9 Å². The van der Waals surface area contributed by atoms with E-state index < -0.39 is 0 Å². The Hall–Kier alpha value is -0.830. The second kappa shape index (κ2) is 5.02. The average molecular weight is 181 g/mol. The number of rotatable bonds is 5. The molecule has 0 aliphatic rings. The highest BCUT2D eigenvalue weighted by atomic mass is 15.0. The molecular weight excluding hydrogens is 162 g/mol. The van der Waals surface area contributed by atoms with Crippen molar-refractivity contribution in [3.8, 4) is 0 Å². The minimum absolute atomic E-state index is 0.683. The minimum atomic E-state index is 0.683. The van der Waals surface area contributed by atoms with E-state index >= 15 is 0 Å². The van der Waals surface area contributed by atoms with Crippen molar-refractivity contribution in [1.82, 2.24) is 14.9 Å². The molecule has 13 heavy (non-hydrogen) atoms. The third-order valence-corrected chi connectivity index (χ3v) is 1.99. The lowest BCUT2D eigenvalue weighted by molar-refractivity contribution is 0.507. The average Bonchev–Trinajstić information content (AvgIpc) is 2.48. The van der Waals surface area contributed by atoms with Gasteiger partial charge in [0.05, 0.1) is 6.33 Å². The van der Waals surface area contributed by atoms with Gasteiger partial charge in [0.15, 0.2) is 0 Å². The molecule has 0 bridgehead atoms. The number of nitrogens with zero attached hydrogens (tertiary/aromatic N) is 2. The highest BCUT2D eigenvalue weighted by molar-refractivity contribution is 4.99. The van der Waals surface area contributed by atoms with Crippen LogP contribution >= 0.6 is 0 Å². The maximum Gasteiger partial charge on any atom is 0.0948 e. The van der Waals surface area contributed by atoms with Crippen molar-refractivity contribution in [1.29, 1.82) is 0 Å². The van der Waals surface area contributed by atoms with Gasteiger partial charge in [-0.25, -0.2) is 4.98 Å². The summed E-state index contributed by atoms with van der Waals surface area (Å²) in [4.78, 5) is 4.16. The molecule has 1 heterocycles. The van der Waals surface area contributed by atoms with Gasteiger partial charge in [-0.2, -0.15) is 0 Å². The van der Waals surface area contributed by atoms with Gasteiger partial charge in [0.1, 0.15) is 0 Å². The minimum Gasteiger partial charge on any atom is -0.334 e. The van der Waals surface area contributed by atoms with E-state index in [1.807, 2.05) is 19.6 Å². The molecule has 0 saturated carbocycles. The summed E-state index contributed by atoms with van der Waals surface area (Å²) in [5.74, 6) is 0.683. The van der Waals surface area contributed by atoms with E-state index in [1.54, 1.807) is 0 Å². The molecule has 0 saturated heterocycles. The van der Waals surface area contributed by atoms with E-state index in [1.165, 1.54) is 5.69 Å². The highest BCUT2D eigenvalue weighted by Gasteiger charge is 2.02. The number of nitrogens with one attached hydrogen (secondary N) is 1. The second-order valence-corrected chi connectivity index (χ2v) is 3.78. The largest absolute Gasteiger partial charge is 0.334 e. The van der Waals surface area contributed by atoms with Crippen LogP contribution in [0, 0.1) is 5.92 Å². The normalized spacial score (nSPS) is 11.1. The van der Waals surface area contributed by atoms with Crippen LogP contribution in [0.15, 0.2) is 12.5 Å². The van der Waals surface area contributed by atoms with Crippen LogP contribution in [0.4, 0.5) is 0 Å². The van der Waals surface area contributed by atoms with Crippen LogP contribution in [0.25, 0.3) is 0 Å². The van der Waals surface area contributed by atoms with Gasteiger partial charge in [-0.15, -0.1) is 0 Å². The zero-order chi connectivity index (χ0) is 9.68. The van der Waals surface area contributed by atoms with E-state index in [4.69, 9.17) is 0 Å². The van der Waals surface area contributed by atoms with Gasteiger partial charge in [-0.3, -0.25) is 0 Å². The Morgan fingerprint density at radius 1 is 1.54 bits per heavy atom. The van der Waals surface area contributed by atoms with Crippen molar-refractivity contribution in [2.24, 2.45) is 5.92 Å². The Balaban J connectivity index is 2.55. The number of aromatic nitrogens is 2. The summed E-state index contributed by atoms with van der Waals surface area (Å²) >= 11 is 0.